The highest BCUT2D eigenvalue weighted by Crippen LogP contribution is 2.36. The number of benzene rings is 2. The first kappa shape index (κ1) is 22.9. The summed E-state index contributed by atoms with van der Waals surface area (Å²) in [4.78, 5) is 15.5. The van der Waals surface area contributed by atoms with Crippen molar-refractivity contribution in [2.45, 2.75) is 39.3 Å². The summed E-state index contributed by atoms with van der Waals surface area (Å²) in [6, 6.07) is 11.3. The molecule has 0 spiro atoms. The minimum absolute atomic E-state index is 0.0332. The van der Waals surface area contributed by atoms with E-state index in [1.165, 1.54) is 0 Å². The lowest BCUT2D eigenvalue weighted by atomic mass is 9.89. The Kier molecular flexibility index (Phi) is 7.80. The Morgan fingerprint density at radius 2 is 1.74 bits per heavy atom. The summed E-state index contributed by atoms with van der Waals surface area (Å²) in [5.41, 5.74) is 1.73. The molecule has 1 aliphatic heterocycles. The highest BCUT2D eigenvalue weighted by molar-refractivity contribution is 5.98. The van der Waals surface area contributed by atoms with Crippen molar-refractivity contribution in [2.24, 2.45) is 5.92 Å². The van der Waals surface area contributed by atoms with Gasteiger partial charge < -0.3 is 18.9 Å². The molecule has 0 amide bonds. The number of Topliss-reactive ketones (excluding diaryl/α,β-unsaturated/α-hetero) is 1. The smallest absolute Gasteiger partial charge is 0.167 e. The van der Waals surface area contributed by atoms with Gasteiger partial charge in [0.05, 0.1) is 27.4 Å². The Labute approximate surface area is 185 Å². The van der Waals surface area contributed by atoms with Crippen molar-refractivity contribution in [3.05, 3.63) is 47.5 Å². The molecule has 1 aliphatic rings. The van der Waals surface area contributed by atoms with E-state index < -0.39 is 0 Å². The van der Waals surface area contributed by atoms with Gasteiger partial charge in [0.1, 0.15) is 11.5 Å². The molecule has 0 saturated carbocycles. The number of hydrogen-bond acceptors (Lipinski definition) is 6. The lowest BCUT2D eigenvalue weighted by molar-refractivity contribution is 0.0810. The van der Waals surface area contributed by atoms with E-state index in [9.17, 15) is 4.79 Å². The van der Waals surface area contributed by atoms with Gasteiger partial charge in [-0.25, -0.2) is 0 Å². The number of likely N-dealkylation sites (tertiary alicyclic amines) is 1. The van der Waals surface area contributed by atoms with Crippen LogP contribution in [0.25, 0.3) is 0 Å². The number of ether oxygens (including phenoxy) is 4. The molecule has 6 heteroatoms. The molecule has 0 radical (unpaired) electrons. The predicted octanol–water partition coefficient (Wildman–Crippen LogP) is 4.59. The number of methoxy groups -OCH3 is 3. The molecule has 3 rings (SSSR count). The van der Waals surface area contributed by atoms with Crippen molar-refractivity contribution in [1.29, 1.82) is 0 Å². The van der Waals surface area contributed by atoms with E-state index in [4.69, 9.17) is 18.9 Å². The van der Waals surface area contributed by atoms with Crippen molar-refractivity contribution < 1.29 is 23.7 Å². The van der Waals surface area contributed by atoms with Crippen LogP contribution in [0.2, 0.25) is 0 Å². The van der Waals surface area contributed by atoms with Gasteiger partial charge in [0.25, 0.3) is 0 Å². The van der Waals surface area contributed by atoms with E-state index in [1.807, 2.05) is 50.2 Å². The maximum atomic E-state index is 13.2. The number of rotatable bonds is 9. The SMILES string of the molecule is COc1cc(OC)c(OC)cc1CN1CCC[C@@H](C(=O)c2cccc(OC(C)C)c2)C1. The Morgan fingerprint density at radius 1 is 1.03 bits per heavy atom. The van der Waals surface area contributed by atoms with Crippen LogP contribution in [0.4, 0.5) is 0 Å². The lowest BCUT2D eigenvalue weighted by Crippen LogP contribution is -2.38. The van der Waals surface area contributed by atoms with Crippen LogP contribution in [0.5, 0.6) is 23.0 Å². The molecule has 1 heterocycles. The van der Waals surface area contributed by atoms with Gasteiger partial charge in [-0.1, -0.05) is 12.1 Å². The minimum Gasteiger partial charge on any atom is -0.496 e. The Balaban J connectivity index is 1.73. The third kappa shape index (κ3) is 5.70. The third-order valence-corrected chi connectivity index (χ3v) is 5.55. The fourth-order valence-corrected chi connectivity index (χ4v) is 4.10. The maximum Gasteiger partial charge on any atom is 0.167 e. The summed E-state index contributed by atoms with van der Waals surface area (Å²) in [5, 5.41) is 0. The van der Waals surface area contributed by atoms with E-state index in [2.05, 4.69) is 4.90 Å². The molecule has 31 heavy (non-hydrogen) atoms. The van der Waals surface area contributed by atoms with Crippen LogP contribution < -0.4 is 18.9 Å². The molecular weight excluding hydrogens is 394 g/mol. The molecule has 0 aliphatic carbocycles. The van der Waals surface area contributed by atoms with Gasteiger partial charge in [-0.3, -0.25) is 9.69 Å². The van der Waals surface area contributed by atoms with Crippen molar-refractivity contribution in [1.82, 2.24) is 4.90 Å². The van der Waals surface area contributed by atoms with Crippen LogP contribution in [0.15, 0.2) is 36.4 Å². The fraction of sp³-hybridized carbons (Fsp3) is 0.480. The average Bonchev–Trinajstić information content (AvgIpc) is 2.78. The molecule has 0 bridgehead atoms. The molecule has 1 atom stereocenters. The predicted molar refractivity (Wildman–Crippen MR) is 121 cm³/mol. The molecule has 0 unspecified atom stereocenters. The molecule has 2 aromatic carbocycles. The second kappa shape index (κ2) is 10.5. The monoisotopic (exact) mass is 427 g/mol. The van der Waals surface area contributed by atoms with Crippen LogP contribution in [0, 0.1) is 5.92 Å². The summed E-state index contributed by atoms with van der Waals surface area (Å²) < 4.78 is 22.2. The summed E-state index contributed by atoms with van der Waals surface area (Å²) in [6.45, 7) is 6.30. The summed E-state index contributed by atoms with van der Waals surface area (Å²) >= 11 is 0. The van der Waals surface area contributed by atoms with E-state index in [1.54, 1.807) is 21.3 Å². The first-order valence-corrected chi connectivity index (χ1v) is 10.8. The molecule has 2 aromatic rings. The van der Waals surface area contributed by atoms with Crippen LogP contribution in [-0.4, -0.2) is 51.2 Å². The zero-order valence-corrected chi connectivity index (χ0v) is 19.1. The van der Waals surface area contributed by atoms with Crippen molar-refractivity contribution >= 4 is 5.78 Å². The standard InChI is InChI=1S/C25H33NO5/c1-17(2)31-21-10-6-8-18(12-21)25(27)19-9-7-11-26(15-19)16-20-13-23(29-4)24(30-5)14-22(20)28-3/h6,8,10,12-14,17,19H,7,9,11,15-16H2,1-5H3/t19-/m1/s1. The van der Waals surface area contributed by atoms with Crippen LogP contribution in [0.1, 0.15) is 42.6 Å². The van der Waals surface area contributed by atoms with Crippen LogP contribution in [0.3, 0.4) is 0 Å². The van der Waals surface area contributed by atoms with E-state index in [0.29, 0.717) is 30.2 Å². The van der Waals surface area contributed by atoms with Gasteiger partial charge in [-0.15, -0.1) is 0 Å². The summed E-state index contributed by atoms with van der Waals surface area (Å²) in [5.74, 6) is 2.95. The van der Waals surface area contributed by atoms with E-state index >= 15 is 0 Å². The van der Waals surface area contributed by atoms with Gasteiger partial charge >= 0.3 is 0 Å². The summed E-state index contributed by atoms with van der Waals surface area (Å²) in [6.07, 6.45) is 1.95. The second-order valence-corrected chi connectivity index (χ2v) is 8.15. The lowest BCUT2D eigenvalue weighted by Gasteiger charge is -2.32. The zero-order valence-electron chi connectivity index (χ0n) is 19.1. The minimum atomic E-state index is -0.0332. The zero-order chi connectivity index (χ0) is 22.4. The molecule has 168 valence electrons. The van der Waals surface area contributed by atoms with Gasteiger partial charge in [-0.2, -0.15) is 0 Å². The Bertz CT molecular complexity index is 895. The molecule has 1 fully saturated rings. The quantitative estimate of drug-likeness (QED) is 0.546. The Hall–Kier alpha value is -2.73. The first-order valence-electron chi connectivity index (χ1n) is 10.8. The second-order valence-electron chi connectivity index (χ2n) is 8.15. The summed E-state index contributed by atoms with van der Waals surface area (Å²) in [7, 11) is 4.89. The Morgan fingerprint density at radius 3 is 2.42 bits per heavy atom. The fourth-order valence-electron chi connectivity index (χ4n) is 4.10. The van der Waals surface area contributed by atoms with E-state index in [-0.39, 0.29) is 17.8 Å². The average molecular weight is 428 g/mol. The number of carbonyl (C=O) groups excluding carboxylic acids is 1. The molecule has 1 saturated heterocycles. The van der Waals surface area contributed by atoms with Gasteiger partial charge in [0.2, 0.25) is 0 Å². The maximum absolute atomic E-state index is 13.2. The van der Waals surface area contributed by atoms with Crippen LogP contribution >= 0.6 is 0 Å². The number of ketones is 1. The number of hydrogen-bond donors (Lipinski definition) is 0. The van der Waals surface area contributed by atoms with Crippen molar-refractivity contribution in [3.8, 4) is 23.0 Å². The van der Waals surface area contributed by atoms with Gasteiger partial charge in [0.15, 0.2) is 17.3 Å². The van der Waals surface area contributed by atoms with E-state index in [0.717, 1.165) is 36.4 Å². The number of piperidine rings is 1. The highest BCUT2D eigenvalue weighted by atomic mass is 16.5. The molecule has 0 aromatic heterocycles. The van der Waals surface area contributed by atoms with Crippen molar-refractivity contribution in [3.63, 3.8) is 0 Å². The van der Waals surface area contributed by atoms with Gasteiger partial charge in [-0.05, 0) is 51.4 Å². The molecular formula is C25H33NO5. The van der Waals surface area contributed by atoms with Crippen LogP contribution in [-0.2, 0) is 6.54 Å². The first-order chi connectivity index (χ1) is 14.9. The largest absolute Gasteiger partial charge is 0.496 e. The molecule has 0 N–H and O–H groups in total. The number of nitrogens with zero attached hydrogens (tertiary/aromatic N) is 1. The number of carbonyl (C=O) groups is 1. The normalized spacial score (nSPS) is 16.8. The topological polar surface area (TPSA) is 57.2 Å². The van der Waals surface area contributed by atoms with Crippen molar-refractivity contribution in [2.75, 3.05) is 34.4 Å². The highest BCUT2D eigenvalue weighted by Gasteiger charge is 2.27. The molecule has 6 nitrogen and oxygen atoms in total. The third-order valence-electron chi connectivity index (χ3n) is 5.55. The van der Waals surface area contributed by atoms with Gasteiger partial charge in [0, 0.05) is 36.2 Å².